The van der Waals surface area contributed by atoms with Crippen molar-refractivity contribution in [2.75, 3.05) is 6.61 Å². The zero-order valence-electron chi connectivity index (χ0n) is 11.2. The summed E-state index contributed by atoms with van der Waals surface area (Å²) in [6, 6.07) is 17.5. The lowest BCUT2D eigenvalue weighted by Crippen LogP contribution is -2.29. The molecule has 2 aromatic carbocycles. The fraction of sp³-hybridized carbons (Fsp3) is 0.294. The molecule has 1 atom stereocenters. The molecule has 0 saturated carbocycles. The Bertz CT molecular complexity index is 547. The van der Waals surface area contributed by atoms with E-state index in [9.17, 15) is 0 Å². The van der Waals surface area contributed by atoms with Crippen molar-refractivity contribution in [2.45, 2.75) is 26.1 Å². The molecule has 0 aromatic heterocycles. The zero-order valence-corrected chi connectivity index (χ0v) is 11.2. The van der Waals surface area contributed by atoms with Crippen LogP contribution < -0.4 is 5.32 Å². The number of fused-ring (bicyclic) bond motifs is 1. The molecule has 98 valence electrons. The Labute approximate surface area is 114 Å². The number of hydrogen-bond acceptors (Lipinski definition) is 2. The summed E-state index contributed by atoms with van der Waals surface area (Å²) >= 11 is 0. The minimum atomic E-state index is 0.297. The molecule has 19 heavy (non-hydrogen) atoms. The van der Waals surface area contributed by atoms with Crippen molar-refractivity contribution in [1.29, 1.82) is 0 Å². The normalized spacial score (nSPS) is 18.1. The van der Waals surface area contributed by atoms with E-state index in [4.69, 9.17) is 4.74 Å². The maximum Gasteiger partial charge on any atom is 0.0721 e. The number of hydrogen-bond donors (Lipinski definition) is 1. The average molecular weight is 253 g/mol. The highest BCUT2D eigenvalue weighted by atomic mass is 16.5. The van der Waals surface area contributed by atoms with Gasteiger partial charge in [-0.2, -0.15) is 0 Å². The van der Waals surface area contributed by atoms with Crippen LogP contribution in [-0.2, 0) is 17.9 Å². The summed E-state index contributed by atoms with van der Waals surface area (Å²) in [7, 11) is 0. The first-order valence-electron chi connectivity index (χ1n) is 6.77. The van der Waals surface area contributed by atoms with Crippen LogP contribution in [0.3, 0.4) is 0 Å². The van der Waals surface area contributed by atoms with Gasteiger partial charge in [0, 0.05) is 6.54 Å². The Morgan fingerprint density at radius 2 is 1.89 bits per heavy atom. The summed E-state index contributed by atoms with van der Waals surface area (Å²) in [5.74, 6) is 0. The van der Waals surface area contributed by atoms with Gasteiger partial charge in [-0.25, -0.2) is 0 Å². The third kappa shape index (κ3) is 2.86. The Morgan fingerprint density at radius 3 is 2.74 bits per heavy atom. The van der Waals surface area contributed by atoms with Gasteiger partial charge in [-0.15, -0.1) is 0 Å². The molecule has 2 aromatic rings. The van der Waals surface area contributed by atoms with Crippen molar-refractivity contribution in [3.63, 3.8) is 0 Å². The van der Waals surface area contributed by atoms with Gasteiger partial charge < -0.3 is 10.1 Å². The second kappa shape index (κ2) is 5.55. The zero-order chi connectivity index (χ0) is 13.1. The van der Waals surface area contributed by atoms with Crippen LogP contribution in [0.1, 0.15) is 28.3 Å². The van der Waals surface area contributed by atoms with E-state index >= 15 is 0 Å². The minimum absolute atomic E-state index is 0.297. The van der Waals surface area contributed by atoms with E-state index in [0.29, 0.717) is 6.04 Å². The molecule has 0 bridgehead atoms. The predicted molar refractivity (Wildman–Crippen MR) is 76.9 cm³/mol. The van der Waals surface area contributed by atoms with E-state index in [1.807, 2.05) is 0 Å². The Hall–Kier alpha value is -1.64. The minimum Gasteiger partial charge on any atom is -0.375 e. The van der Waals surface area contributed by atoms with E-state index in [-0.39, 0.29) is 0 Å². The van der Waals surface area contributed by atoms with Crippen LogP contribution in [0.25, 0.3) is 0 Å². The van der Waals surface area contributed by atoms with Crippen LogP contribution in [0, 0.1) is 6.92 Å². The first-order chi connectivity index (χ1) is 9.33. The molecule has 1 aliphatic rings. The second-order valence-electron chi connectivity index (χ2n) is 5.13. The molecule has 1 aliphatic heterocycles. The molecule has 3 rings (SSSR count). The third-order valence-electron chi connectivity index (χ3n) is 3.65. The second-order valence-corrected chi connectivity index (χ2v) is 5.13. The number of rotatable bonds is 3. The molecule has 0 radical (unpaired) electrons. The first-order valence-corrected chi connectivity index (χ1v) is 6.77. The summed E-state index contributed by atoms with van der Waals surface area (Å²) in [5.41, 5.74) is 5.29. The van der Waals surface area contributed by atoms with Crippen molar-refractivity contribution >= 4 is 0 Å². The fourth-order valence-corrected chi connectivity index (χ4v) is 2.50. The summed E-state index contributed by atoms with van der Waals surface area (Å²) in [6.07, 6.45) is 0. The van der Waals surface area contributed by atoms with Crippen molar-refractivity contribution in [2.24, 2.45) is 0 Å². The van der Waals surface area contributed by atoms with Crippen LogP contribution in [0.15, 0.2) is 48.5 Å². The molecule has 0 saturated heterocycles. The van der Waals surface area contributed by atoms with E-state index in [2.05, 4.69) is 60.8 Å². The molecule has 1 unspecified atom stereocenters. The standard InChI is InChI=1S/C17H19NO/c1-13-6-8-14(9-7-13)10-18-17-12-19-11-15-4-2-3-5-16(15)17/h2-9,17-18H,10-12H2,1H3. The lowest BCUT2D eigenvalue weighted by molar-refractivity contribution is 0.0817. The van der Waals surface area contributed by atoms with Crippen LogP contribution in [0.5, 0.6) is 0 Å². The fourth-order valence-electron chi connectivity index (χ4n) is 2.50. The molecule has 1 heterocycles. The number of benzene rings is 2. The summed E-state index contributed by atoms with van der Waals surface area (Å²) in [5, 5.41) is 3.59. The number of nitrogens with one attached hydrogen (secondary N) is 1. The van der Waals surface area contributed by atoms with Crippen LogP contribution in [0.4, 0.5) is 0 Å². The molecular weight excluding hydrogens is 234 g/mol. The highest BCUT2D eigenvalue weighted by molar-refractivity contribution is 5.31. The summed E-state index contributed by atoms with van der Waals surface area (Å²) in [4.78, 5) is 0. The largest absolute Gasteiger partial charge is 0.375 e. The molecule has 0 amide bonds. The molecule has 0 spiro atoms. The SMILES string of the molecule is Cc1ccc(CNC2COCc3ccccc32)cc1. The van der Waals surface area contributed by atoms with Gasteiger partial charge in [0.05, 0.1) is 19.3 Å². The smallest absolute Gasteiger partial charge is 0.0721 e. The van der Waals surface area contributed by atoms with Crippen LogP contribution in [0.2, 0.25) is 0 Å². The monoisotopic (exact) mass is 253 g/mol. The third-order valence-corrected chi connectivity index (χ3v) is 3.65. The topological polar surface area (TPSA) is 21.3 Å². The summed E-state index contributed by atoms with van der Waals surface area (Å²) < 4.78 is 5.65. The van der Waals surface area contributed by atoms with E-state index in [1.54, 1.807) is 0 Å². The van der Waals surface area contributed by atoms with Gasteiger partial charge in [0.1, 0.15) is 0 Å². The maximum atomic E-state index is 5.65. The molecule has 2 heteroatoms. The molecule has 0 aliphatic carbocycles. The van der Waals surface area contributed by atoms with Gasteiger partial charge in [-0.05, 0) is 23.6 Å². The van der Waals surface area contributed by atoms with E-state index in [0.717, 1.165) is 19.8 Å². The van der Waals surface area contributed by atoms with Crippen LogP contribution >= 0.6 is 0 Å². The first kappa shape index (κ1) is 12.4. The van der Waals surface area contributed by atoms with Crippen molar-refractivity contribution in [1.82, 2.24) is 5.32 Å². The maximum absolute atomic E-state index is 5.65. The van der Waals surface area contributed by atoms with Gasteiger partial charge in [0.15, 0.2) is 0 Å². The Balaban J connectivity index is 1.69. The molecule has 0 fully saturated rings. The number of ether oxygens (including phenoxy) is 1. The lowest BCUT2D eigenvalue weighted by Gasteiger charge is -2.26. The molecule has 1 N–H and O–H groups in total. The van der Waals surface area contributed by atoms with Gasteiger partial charge in [0.2, 0.25) is 0 Å². The predicted octanol–water partition coefficient (Wildman–Crippen LogP) is 3.36. The van der Waals surface area contributed by atoms with E-state index in [1.165, 1.54) is 22.3 Å². The van der Waals surface area contributed by atoms with Gasteiger partial charge in [0.25, 0.3) is 0 Å². The van der Waals surface area contributed by atoms with Crippen molar-refractivity contribution in [3.05, 3.63) is 70.8 Å². The Kier molecular flexibility index (Phi) is 3.62. The van der Waals surface area contributed by atoms with Gasteiger partial charge in [-0.1, -0.05) is 54.1 Å². The highest BCUT2D eigenvalue weighted by Crippen LogP contribution is 2.24. The average Bonchev–Trinajstić information content (AvgIpc) is 2.47. The highest BCUT2D eigenvalue weighted by Gasteiger charge is 2.19. The molecular formula is C17H19NO. The van der Waals surface area contributed by atoms with Crippen molar-refractivity contribution in [3.8, 4) is 0 Å². The van der Waals surface area contributed by atoms with Gasteiger partial charge >= 0.3 is 0 Å². The van der Waals surface area contributed by atoms with Crippen LogP contribution in [-0.4, -0.2) is 6.61 Å². The van der Waals surface area contributed by atoms with Gasteiger partial charge in [-0.3, -0.25) is 0 Å². The van der Waals surface area contributed by atoms with E-state index < -0.39 is 0 Å². The Morgan fingerprint density at radius 1 is 1.11 bits per heavy atom. The number of aryl methyl sites for hydroxylation is 1. The van der Waals surface area contributed by atoms with Crippen molar-refractivity contribution < 1.29 is 4.74 Å². The lowest BCUT2D eigenvalue weighted by atomic mass is 9.99. The quantitative estimate of drug-likeness (QED) is 0.905. The summed E-state index contributed by atoms with van der Waals surface area (Å²) in [6.45, 7) is 4.48. The molecule has 2 nitrogen and oxygen atoms in total.